The van der Waals surface area contributed by atoms with Gasteiger partial charge in [0, 0.05) is 25.3 Å². The summed E-state index contributed by atoms with van der Waals surface area (Å²) in [5.41, 5.74) is 1.60. The van der Waals surface area contributed by atoms with Crippen molar-refractivity contribution >= 4 is 21.6 Å². The Balaban J connectivity index is 1.55. The molecule has 0 fully saturated rings. The molecule has 2 N–H and O–H groups in total. The Labute approximate surface area is 164 Å². The van der Waals surface area contributed by atoms with Crippen LogP contribution in [-0.4, -0.2) is 53.1 Å². The standard InChI is InChI=1S/C19H23N3O5S/c1-21(2)28(24,25)16-7-5-15(6-8-16)20-19(23)12-22(3)11-14-4-9-17-18(10-14)27-13-26-17/h4-10H,11-13H2,1-3H3,(H,20,23)/p+1. The van der Waals surface area contributed by atoms with Gasteiger partial charge in [0.1, 0.15) is 6.54 Å². The van der Waals surface area contributed by atoms with Crippen LogP contribution in [0.5, 0.6) is 11.5 Å². The number of nitrogens with one attached hydrogen (secondary N) is 2. The second kappa shape index (κ2) is 8.17. The number of amides is 1. The Morgan fingerprint density at radius 3 is 2.46 bits per heavy atom. The number of hydrogen-bond donors (Lipinski definition) is 2. The first-order valence-corrected chi connectivity index (χ1v) is 10.2. The van der Waals surface area contributed by atoms with Crippen LogP contribution < -0.4 is 19.7 Å². The Kier molecular flexibility index (Phi) is 5.87. The number of likely N-dealkylation sites (N-methyl/N-ethyl adjacent to an activating group) is 1. The molecular weight excluding hydrogens is 382 g/mol. The van der Waals surface area contributed by atoms with Crippen molar-refractivity contribution in [1.82, 2.24) is 4.31 Å². The van der Waals surface area contributed by atoms with E-state index in [9.17, 15) is 13.2 Å². The van der Waals surface area contributed by atoms with Gasteiger partial charge in [0.15, 0.2) is 18.0 Å². The number of carbonyl (C=O) groups is 1. The molecule has 0 spiro atoms. The Morgan fingerprint density at radius 2 is 1.79 bits per heavy atom. The number of quaternary nitrogens is 1. The molecule has 0 aromatic heterocycles. The predicted molar refractivity (Wildman–Crippen MR) is 104 cm³/mol. The lowest BCUT2D eigenvalue weighted by molar-refractivity contribution is -0.885. The number of nitrogens with zero attached hydrogens (tertiary/aromatic N) is 1. The van der Waals surface area contributed by atoms with Crippen LogP contribution in [0, 0.1) is 0 Å². The number of ether oxygens (including phenoxy) is 2. The van der Waals surface area contributed by atoms with Gasteiger partial charge >= 0.3 is 0 Å². The molecule has 9 heteroatoms. The largest absolute Gasteiger partial charge is 0.454 e. The van der Waals surface area contributed by atoms with Gasteiger partial charge in [0.2, 0.25) is 16.8 Å². The fourth-order valence-electron chi connectivity index (χ4n) is 2.86. The normalized spacial score (nSPS) is 14.1. The van der Waals surface area contributed by atoms with Gasteiger partial charge in [-0.2, -0.15) is 0 Å². The number of fused-ring (bicyclic) bond motifs is 1. The zero-order chi connectivity index (χ0) is 20.3. The zero-order valence-corrected chi connectivity index (χ0v) is 16.9. The van der Waals surface area contributed by atoms with E-state index in [0.29, 0.717) is 12.2 Å². The maximum Gasteiger partial charge on any atom is 0.279 e. The number of benzene rings is 2. The van der Waals surface area contributed by atoms with Crippen LogP contribution in [-0.2, 0) is 21.4 Å². The monoisotopic (exact) mass is 406 g/mol. The average molecular weight is 406 g/mol. The van der Waals surface area contributed by atoms with Crippen molar-refractivity contribution < 1.29 is 27.6 Å². The van der Waals surface area contributed by atoms with Crippen molar-refractivity contribution in [2.45, 2.75) is 11.4 Å². The molecule has 3 rings (SSSR count). The number of hydrogen-bond acceptors (Lipinski definition) is 5. The summed E-state index contributed by atoms with van der Waals surface area (Å²) < 4.78 is 36.0. The highest BCUT2D eigenvalue weighted by molar-refractivity contribution is 7.89. The van der Waals surface area contributed by atoms with Gasteiger partial charge in [0.05, 0.1) is 11.9 Å². The van der Waals surface area contributed by atoms with E-state index >= 15 is 0 Å². The summed E-state index contributed by atoms with van der Waals surface area (Å²) in [5, 5.41) is 2.80. The lowest BCUT2D eigenvalue weighted by Gasteiger charge is -2.15. The Bertz CT molecular complexity index is 958. The highest BCUT2D eigenvalue weighted by Gasteiger charge is 2.18. The first-order valence-electron chi connectivity index (χ1n) is 8.78. The average Bonchev–Trinajstić information content (AvgIpc) is 3.09. The van der Waals surface area contributed by atoms with Gasteiger partial charge in [0.25, 0.3) is 5.91 Å². The summed E-state index contributed by atoms with van der Waals surface area (Å²) in [6.07, 6.45) is 0. The quantitative estimate of drug-likeness (QED) is 0.691. The topological polar surface area (TPSA) is 89.4 Å². The third kappa shape index (κ3) is 4.61. The SMILES string of the molecule is CN(C)S(=O)(=O)c1ccc(NC(=O)C[NH+](C)Cc2ccc3c(c2)OCO3)cc1. The van der Waals surface area contributed by atoms with Gasteiger partial charge in [-0.05, 0) is 42.5 Å². The van der Waals surface area contributed by atoms with Crippen LogP contribution in [0.4, 0.5) is 5.69 Å². The summed E-state index contributed by atoms with van der Waals surface area (Å²) >= 11 is 0. The van der Waals surface area contributed by atoms with Crippen LogP contribution in [0.1, 0.15) is 5.56 Å². The minimum Gasteiger partial charge on any atom is -0.454 e. The van der Waals surface area contributed by atoms with Gasteiger partial charge in [-0.25, -0.2) is 12.7 Å². The molecular formula is C19H24N3O5S+. The third-order valence-electron chi connectivity index (χ3n) is 4.32. The third-order valence-corrected chi connectivity index (χ3v) is 6.15. The van der Waals surface area contributed by atoms with Crippen molar-refractivity contribution in [3.8, 4) is 11.5 Å². The fraction of sp³-hybridized carbons (Fsp3) is 0.316. The van der Waals surface area contributed by atoms with Crippen molar-refractivity contribution in [2.75, 3.05) is 39.8 Å². The predicted octanol–water partition coefficient (Wildman–Crippen LogP) is 0.319. The van der Waals surface area contributed by atoms with Gasteiger partial charge in [-0.3, -0.25) is 4.79 Å². The lowest BCUT2D eigenvalue weighted by atomic mass is 10.2. The molecule has 0 radical (unpaired) electrons. The molecule has 150 valence electrons. The Morgan fingerprint density at radius 1 is 1.11 bits per heavy atom. The zero-order valence-electron chi connectivity index (χ0n) is 16.1. The number of anilines is 1. The highest BCUT2D eigenvalue weighted by atomic mass is 32.2. The van der Waals surface area contributed by atoms with E-state index < -0.39 is 10.0 Å². The molecule has 0 bridgehead atoms. The first-order chi connectivity index (χ1) is 13.3. The van der Waals surface area contributed by atoms with Crippen molar-refractivity contribution in [3.63, 3.8) is 0 Å². The number of carbonyl (C=O) groups excluding carboxylic acids is 1. The molecule has 1 aliphatic heterocycles. The summed E-state index contributed by atoms with van der Waals surface area (Å²) in [6.45, 7) is 1.16. The number of rotatable bonds is 7. The van der Waals surface area contributed by atoms with Crippen LogP contribution in [0.2, 0.25) is 0 Å². The van der Waals surface area contributed by atoms with E-state index in [1.54, 1.807) is 12.1 Å². The van der Waals surface area contributed by atoms with Crippen LogP contribution in [0.15, 0.2) is 47.4 Å². The van der Waals surface area contributed by atoms with Crippen LogP contribution in [0.3, 0.4) is 0 Å². The summed E-state index contributed by atoms with van der Waals surface area (Å²) in [7, 11) is 1.40. The minimum atomic E-state index is -3.48. The second-order valence-corrected chi connectivity index (χ2v) is 9.01. The van der Waals surface area contributed by atoms with Crippen LogP contribution in [0.25, 0.3) is 0 Å². The summed E-state index contributed by atoms with van der Waals surface area (Å²) in [4.78, 5) is 13.5. The molecule has 1 heterocycles. The van der Waals surface area contributed by atoms with E-state index in [-0.39, 0.29) is 24.1 Å². The first kappa shape index (κ1) is 20.1. The van der Waals surface area contributed by atoms with Gasteiger partial charge in [-0.1, -0.05) is 0 Å². The molecule has 0 aliphatic carbocycles. The molecule has 28 heavy (non-hydrogen) atoms. The molecule has 1 amide bonds. The lowest BCUT2D eigenvalue weighted by Crippen LogP contribution is -3.08. The summed E-state index contributed by atoms with van der Waals surface area (Å²) in [5.74, 6) is 1.31. The molecule has 1 aliphatic rings. The van der Waals surface area contributed by atoms with Gasteiger partial charge < -0.3 is 19.7 Å². The smallest absolute Gasteiger partial charge is 0.279 e. The maximum absolute atomic E-state index is 12.3. The van der Waals surface area contributed by atoms with E-state index in [0.717, 1.165) is 26.3 Å². The summed E-state index contributed by atoms with van der Waals surface area (Å²) in [6, 6.07) is 11.9. The Hall–Kier alpha value is -2.62. The van der Waals surface area contributed by atoms with E-state index in [2.05, 4.69) is 5.32 Å². The molecule has 0 saturated heterocycles. The maximum atomic E-state index is 12.3. The fourth-order valence-corrected chi connectivity index (χ4v) is 3.76. The molecule has 2 aromatic rings. The van der Waals surface area contributed by atoms with E-state index in [1.165, 1.54) is 26.2 Å². The van der Waals surface area contributed by atoms with Gasteiger partial charge in [-0.15, -0.1) is 0 Å². The van der Waals surface area contributed by atoms with Crippen LogP contribution >= 0.6 is 0 Å². The van der Waals surface area contributed by atoms with Crippen molar-refractivity contribution in [1.29, 1.82) is 0 Å². The molecule has 1 unspecified atom stereocenters. The molecule has 8 nitrogen and oxygen atoms in total. The molecule has 1 atom stereocenters. The van der Waals surface area contributed by atoms with E-state index in [1.807, 2.05) is 25.2 Å². The number of sulfonamides is 1. The highest BCUT2D eigenvalue weighted by Crippen LogP contribution is 2.32. The van der Waals surface area contributed by atoms with Crippen molar-refractivity contribution in [2.24, 2.45) is 0 Å². The molecule has 2 aromatic carbocycles. The van der Waals surface area contributed by atoms with Crippen molar-refractivity contribution in [3.05, 3.63) is 48.0 Å². The van der Waals surface area contributed by atoms with E-state index in [4.69, 9.17) is 9.47 Å². The minimum absolute atomic E-state index is 0.151. The molecule has 0 saturated carbocycles. The second-order valence-electron chi connectivity index (χ2n) is 6.86.